The first kappa shape index (κ1) is 22.4. The number of nitrogens with zero attached hydrogens (tertiary/aromatic N) is 4. The van der Waals surface area contributed by atoms with Crippen molar-refractivity contribution in [1.29, 1.82) is 0 Å². The maximum Gasteiger partial charge on any atom is 0.332 e. The van der Waals surface area contributed by atoms with Crippen molar-refractivity contribution in [2.45, 2.75) is 26.2 Å². The summed E-state index contributed by atoms with van der Waals surface area (Å²) in [6.45, 7) is 5.40. The first-order valence-corrected chi connectivity index (χ1v) is 9.80. The molecule has 0 aliphatic heterocycles. The Morgan fingerprint density at radius 2 is 1.76 bits per heavy atom. The Hall–Kier alpha value is -2.94. The number of benzene rings is 1. The molecule has 0 spiro atoms. The fourth-order valence-corrected chi connectivity index (χ4v) is 3.12. The average molecular weight is 403 g/mol. The van der Waals surface area contributed by atoms with Crippen LogP contribution in [0.4, 0.5) is 11.5 Å². The highest BCUT2D eigenvalue weighted by atomic mass is 16.6. The van der Waals surface area contributed by atoms with E-state index in [0.29, 0.717) is 12.4 Å². The van der Waals surface area contributed by atoms with E-state index in [0.717, 1.165) is 49.0 Å². The van der Waals surface area contributed by atoms with Gasteiger partial charge in [-0.2, -0.15) is 0 Å². The first-order chi connectivity index (χ1) is 13.8. The summed E-state index contributed by atoms with van der Waals surface area (Å²) in [6, 6.07) is 8.15. The van der Waals surface area contributed by atoms with Gasteiger partial charge in [0, 0.05) is 45.4 Å². The molecule has 1 aromatic carbocycles. The molecule has 9 nitrogen and oxygen atoms in total. The third kappa shape index (κ3) is 6.28. The lowest BCUT2D eigenvalue weighted by Gasteiger charge is -2.21. The fraction of sp³-hybridized carbons (Fsp3) is 0.500. The van der Waals surface area contributed by atoms with Crippen LogP contribution >= 0.6 is 0 Å². The summed E-state index contributed by atoms with van der Waals surface area (Å²) >= 11 is 0. The molecule has 0 saturated carbocycles. The van der Waals surface area contributed by atoms with Crippen LogP contribution in [0.25, 0.3) is 0 Å². The number of aromatic nitrogens is 2. The van der Waals surface area contributed by atoms with E-state index in [1.165, 1.54) is 17.7 Å². The van der Waals surface area contributed by atoms with E-state index in [2.05, 4.69) is 17.1 Å². The normalized spacial score (nSPS) is 11.0. The van der Waals surface area contributed by atoms with Crippen LogP contribution in [0.5, 0.6) is 0 Å². The number of aryl methyl sites for hydroxylation is 1. The van der Waals surface area contributed by atoms with Crippen molar-refractivity contribution in [2.75, 3.05) is 31.5 Å². The Balaban J connectivity index is 1.75. The standard InChI is InChI=1S/C20H29N5O4/c1-4-24(13-6-5-7-16-8-10-17(11-9-16)25(28)29)14-12-21-18-15-19(26)23(3)20(27)22(18)2/h8-11,15,21H,4-7,12-14H2,1-3H3. The van der Waals surface area contributed by atoms with E-state index in [4.69, 9.17) is 0 Å². The van der Waals surface area contributed by atoms with E-state index in [-0.39, 0.29) is 21.9 Å². The number of nitro benzene ring substituents is 1. The summed E-state index contributed by atoms with van der Waals surface area (Å²) in [7, 11) is 3.10. The Labute approximate surface area is 169 Å². The maximum atomic E-state index is 11.9. The van der Waals surface area contributed by atoms with Gasteiger partial charge in [0.2, 0.25) is 0 Å². The van der Waals surface area contributed by atoms with Crippen LogP contribution in [0.1, 0.15) is 25.3 Å². The Morgan fingerprint density at radius 1 is 1.07 bits per heavy atom. The molecule has 0 aliphatic carbocycles. The smallest absolute Gasteiger partial charge is 0.332 e. The van der Waals surface area contributed by atoms with Crippen LogP contribution in [0.3, 0.4) is 0 Å². The minimum atomic E-state index is -0.387. The summed E-state index contributed by atoms with van der Waals surface area (Å²) in [5, 5.41) is 13.9. The summed E-state index contributed by atoms with van der Waals surface area (Å²) in [4.78, 5) is 36.3. The van der Waals surface area contributed by atoms with Gasteiger partial charge in [-0.15, -0.1) is 0 Å². The van der Waals surface area contributed by atoms with Crippen LogP contribution in [-0.4, -0.2) is 45.1 Å². The summed E-state index contributed by atoms with van der Waals surface area (Å²) in [6.07, 6.45) is 2.92. The monoisotopic (exact) mass is 403 g/mol. The molecule has 29 heavy (non-hydrogen) atoms. The van der Waals surface area contributed by atoms with Crippen molar-refractivity contribution < 1.29 is 4.92 Å². The minimum absolute atomic E-state index is 0.118. The number of hydrogen-bond acceptors (Lipinski definition) is 6. The molecule has 0 saturated heterocycles. The molecular weight excluding hydrogens is 374 g/mol. The van der Waals surface area contributed by atoms with Gasteiger partial charge in [0.15, 0.2) is 0 Å². The molecule has 0 atom stereocenters. The van der Waals surface area contributed by atoms with Crippen LogP contribution in [0.2, 0.25) is 0 Å². The largest absolute Gasteiger partial charge is 0.370 e. The van der Waals surface area contributed by atoms with E-state index in [1.54, 1.807) is 19.2 Å². The zero-order valence-corrected chi connectivity index (χ0v) is 17.3. The van der Waals surface area contributed by atoms with Gasteiger partial charge in [-0.1, -0.05) is 19.1 Å². The van der Waals surface area contributed by atoms with Gasteiger partial charge in [-0.3, -0.25) is 24.0 Å². The topological polar surface area (TPSA) is 102 Å². The van der Waals surface area contributed by atoms with Crippen molar-refractivity contribution in [3.63, 3.8) is 0 Å². The number of nitro groups is 1. The lowest BCUT2D eigenvalue weighted by molar-refractivity contribution is -0.384. The summed E-state index contributed by atoms with van der Waals surface area (Å²) in [5.41, 5.74) is 0.548. The highest BCUT2D eigenvalue weighted by Gasteiger charge is 2.07. The summed E-state index contributed by atoms with van der Waals surface area (Å²) < 4.78 is 2.51. The maximum absolute atomic E-state index is 11.9. The second-order valence-corrected chi connectivity index (χ2v) is 7.01. The van der Waals surface area contributed by atoms with Crippen LogP contribution < -0.4 is 16.6 Å². The fourth-order valence-electron chi connectivity index (χ4n) is 3.12. The van der Waals surface area contributed by atoms with Gasteiger partial charge in [-0.25, -0.2) is 4.79 Å². The molecule has 2 rings (SSSR count). The highest BCUT2D eigenvalue weighted by molar-refractivity contribution is 5.34. The van der Waals surface area contributed by atoms with Gasteiger partial charge in [0.25, 0.3) is 11.2 Å². The van der Waals surface area contributed by atoms with Crippen molar-refractivity contribution in [2.24, 2.45) is 14.1 Å². The number of non-ortho nitro benzene ring substituents is 1. The lowest BCUT2D eigenvalue weighted by atomic mass is 10.1. The minimum Gasteiger partial charge on any atom is -0.370 e. The number of likely N-dealkylation sites (N-methyl/N-ethyl adjacent to an activating group) is 1. The van der Waals surface area contributed by atoms with Crippen LogP contribution in [0.15, 0.2) is 39.9 Å². The van der Waals surface area contributed by atoms with Crippen LogP contribution in [0, 0.1) is 10.1 Å². The summed E-state index contributed by atoms with van der Waals surface area (Å²) in [5.74, 6) is 0.521. The number of anilines is 1. The predicted molar refractivity (Wildman–Crippen MR) is 114 cm³/mol. The third-order valence-electron chi connectivity index (χ3n) is 5.04. The number of hydrogen-bond donors (Lipinski definition) is 1. The molecule has 0 amide bonds. The molecule has 1 heterocycles. The zero-order valence-electron chi connectivity index (χ0n) is 17.3. The van der Waals surface area contributed by atoms with E-state index >= 15 is 0 Å². The molecule has 0 aliphatic rings. The quantitative estimate of drug-likeness (QED) is 0.348. The molecular formula is C20H29N5O4. The molecule has 2 aromatic rings. The average Bonchev–Trinajstić information content (AvgIpc) is 2.72. The van der Waals surface area contributed by atoms with Crippen molar-refractivity contribution in [3.8, 4) is 0 Å². The van der Waals surface area contributed by atoms with Gasteiger partial charge in [0.05, 0.1) is 4.92 Å². The van der Waals surface area contributed by atoms with Gasteiger partial charge >= 0.3 is 5.69 Å². The molecule has 0 fully saturated rings. The predicted octanol–water partition coefficient (Wildman–Crippen LogP) is 1.75. The van der Waals surface area contributed by atoms with Crippen molar-refractivity contribution in [1.82, 2.24) is 14.0 Å². The first-order valence-electron chi connectivity index (χ1n) is 9.80. The Bertz CT molecular complexity index is 933. The highest BCUT2D eigenvalue weighted by Crippen LogP contribution is 2.13. The zero-order chi connectivity index (χ0) is 21.4. The van der Waals surface area contributed by atoms with Gasteiger partial charge in [0.1, 0.15) is 5.82 Å². The lowest BCUT2D eigenvalue weighted by Crippen LogP contribution is -2.38. The molecule has 0 unspecified atom stereocenters. The molecule has 0 bridgehead atoms. The van der Waals surface area contributed by atoms with E-state index in [9.17, 15) is 19.7 Å². The molecule has 9 heteroatoms. The van der Waals surface area contributed by atoms with Gasteiger partial charge < -0.3 is 10.2 Å². The molecule has 158 valence electrons. The number of unbranched alkanes of at least 4 members (excludes halogenated alkanes) is 1. The second kappa shape index (κ2) is 10.6. The van der Waals surface area contributed by atoms with E-state index < -0.39 is 0 Å². The SMILES string of the molecule is CCN(CCCCc1ccc([N+](=O)[O-])cc1)CCNc1cc(=O)n(C)c(=O)n1C. The van der Waals surface area contributed by atoms with Crippen molar-refractivity contribution >= 4 is 11.5 Å². The third-order valence-corrected chi connectivity index (χ3v) is 5.04. The molecule has 0 radical (unpaired) electrons. The molecule has 1 aromatic heterocycles. The second-order valence-electron chi connectivity index (χ2n) is 7.01. The number of rotatable bonds is 11. The molecule has 1 N–H and O–H groups in total. The Kier molecular flexibility index (Phi) is 8.14. The number of nitrogens with one attached hydrogen (secondary N) is 1. The Morgan fingerprint density at radius 3 is 2.38 bits per heavy atom. The van der Waals surface area contributed by atoms with E-state index in [1.807, 2.05) is 12.1 Å². The van der Waals surface area contributed by atoms with Crippen LogP contribution in [-0.2, 0) is 20.5 Å². The van der Waals surface area contributed by atoms with Gasteiger partial charge in [-0.05, 0) is 37.9 Å². The van der Waals surface area contributed by atoms with Crippen molar-refractivity contribution in [3.05, 3.63) is 66.8 Å².